The van der Waals surface area contributed by atoms with Gasteiger partial charge in [-0.05, 0) is 81.9 Å². The van der Waals surface area contributed by atoms with Gasteiger partial charge in [-0.2, -0.15) is 0 Å². The first-order valence-electron chi connectivity index (χ1n) is 16.9. The SMILES string of the molecule is CC1(C)c2ccccc2C2(c3ccccc3Sc3ccccc32)c2ccc(N(c3ccccc3)c3cccc4c3sc3ccccc34)cc21. The predicted octanol–water partition coefficient (Wildman–Crippen LogP) is 13.0. The van der Waals surface area contributed by atoms with Crippen molar-refractivity contribution in [2.24, 2.45) is 0 Å². The molecule has 0 amide bonds. The Morgan fingerprint density at radius 1 is 0.449 bits per heavy atom. The maximum Gasteiger partial charge on any atom is 0.0729 e. The standard InChI is InChI=1S/C46H33NS2/c1-45(2)34-19-7-8-20-35(34)46(37-21-9-12-25-42(37)48-43-26-13-10-22-38(43)46)36-28-27-31(29-39(36)45)47(30-15-4-3-5-16-30)40-23-14-18-33-32-17-6-11-24-41(32)49-44(33)40/h3-29H,1-2H3. The third-order valence-electron chi connectivity index (χ3n) is 10.8. The molecule has 0 saturated carbocycles. The number of hydrogen-bond donors (Lipinski definition) is 0. The van der Waals surface area contributed by atoms with E-state index in [9.17, 15) is 0 Å². The lowest BCUT2D eigenvalue weighted by Gasteiger charge is -2.50. The molecule has 1 aliphatic carbocycles. The summed E-state index contributed by atoms with van der Waals surface area (Å²) >= 11 is 3.78. The lowest BCUT2D eigenvalue weighted by Crippen LogP contribution is -2.43. The molecule has 0 atom stereocenters. The zero-order chi connectivity index (χ0) is 32.7. The van der Waals surface area contributed by atoms with Crippen LogP contribution in [-0.2, 0) is 10.8 Å². The fourth-order valence-corrected chi connectivity index (χ4v) is 11.0. The highest BCUT2D eigenvalue weighted by Gasteiger charge is 2.52. The Labute approximate surface area is 295 Å². The smallest absolute Gasteiger partial charge is 0.0729 e. The molecule has 2 aliphatic rings. The Morgan fingerprint density at radius 2 is 1.04 bits per heavy atom. The molecule has 234 valence electrons. The molecular weight excluding hydrogens is 631 g/mol. The zero-order valence-electron chi connectivity index (χ0n) is 27.4. The molecule has 0 bridgehead atoms. The first-order chi connectivity index (χ1) is 24.1. The Hall–Kier alpha value is -5.09. The van der Waals surface area contributed by atoms with E-state index in [0.717, 1.165) is 5.69 Å². The highest BCUT2D eigenvalue weighted by molar-refractivity contribution is 7.99. The Balaban J connectivity index is 1.29. The van der Waals surface area contributed by atoms with Gasteiger partial charge in [0.05, 0.1) is 15.8 Å². The van der Waals surface area contributed by atoms with Crippen LogP contribution < -0.4 is 4.90 Å². The molecule has 1 nitrogen and oxygen atoms in total. The molecular formula is C46H33NS2. The number of para-hydroxylation sites is 1. The molecule has 1 aliphatic heterocycles. The molecule has 0 unspecified atom stereocenters. The largest absolute Gasteiger partial charge is 0.309 e. The lowest BCUT2D eigenvalue weighted by molar-refractivity contribution is 0.549. The van der Waals surface area contributed by atoms with Gasteiger partial charge in [0.2, 0.25) is 0 Å². The molecule has 8 aromatic rings. The molecule has 0 N–H and O–H groups in total. The summed E-state index contributed by atoms with van der Waals surface area (Å²) in [4.78, 5) is 5.13. The van der Waals surface area contributed by atoms with Crippen molar-refractivity contribution in [2.75, 3.05) is 4.90 Å². The van der Waals surface area contributed by atoms with Crippen LogP contribution in [0.25, 0.3) is 20.2 Å². The second kappa shape index (κ2) is 10.7. The number of nitrogens with zero attached hydrogens (tertiary/aromatic N) is 1. The first kappa shape index (κ1) is 28.9. The van der Waals surface area contributed by atoms with Crippen LogP contribution in [0.15, 0.2) is 174 Å². The minimum Gasteiger partial charge on any atom is -0.309 e. The summed E-state index contributed by atoms with van der Waals surface area (Å²) in [6.07, 6.45) is 0. The van der Waals surface area contributed by atoms with Crippen molar-refractivity contribution in [1.82, 2.24) is 0 Å². The van der Waals surface area contributed by atoms with E-state index >= 15 is 0 Å². The topological polar surface area (TPSA) is 3.24 Å². The van der Waals surface area contributed by atoms with Crippen molar-refractivity contribution >= 4 is 60.3 Å². The second-order valence-corrected chi connectivity index (χ2v) is 15.8. The third-order valence-corrected chi connectivity index (χ3v) is 13.1. The van der Waals surface area contributed by atoms with Gasteiger partial charge in [-0.25, -0.2) is 0 Å². The maximum absolute atomic E-state index is 2.50. The third kappa shape index (κ3) is 4.00. The quantitative estimate of drug-likeness (QED) is 0.185. The molecule has 1 spiro atoms. The Bertz CT molecular complexity index is 2530. The van der Waals surface area contributed by atoms with Gasteiger partial charge in [0.1, 0.15) is 0 Å². The van der Waals surface area contributed by atoms with Crippen molar-refractivity contribution in [3.63, 3.8) is 0 Å². The Morgan fingerprint density at radius 3 is 1.80 bits per heavy atom. The highest BCUT2D eigenvalue weighted by atomic mass is 32.2. The van der Waals surface area contributed by atoms with Gasteiger partial charge < -0.3 is 4.90 Å². The van der Waals surface area contributed by atoms with Crippen LogP contribution in [0.1, 0.15) is 47.2 Å². The number of benzene rings is 7. The van der Waals surface area contributed by atoms with Crippen molar-refractivity contribution in [3.05, 3.63) is 197 Å². The minimum atomic E-state index is -0.429. The molecule has 3 heteroatoms. The normalized spacial score (nSPS) is 15.0. The molecule has 0 saturated heterocycles. The highest BCUT2D eigenvalue weighted by Crippen LogP contribution is 2.62. The zero-order valence-corrected chi connectivity index (χ0v) is 29.0. The van der Waals surface area contributed by atoms with Gasteiger partial charge in [-0.1, -0.05) is 141 Å². The summed E-state index contributed by atoms with van der Waals surface area (Å²) in [5, 5.41) is 2.62. The van der Waals surface area contributed by atoms with E-state index in [4.69, 9.17) is 0 Å². The van der Waals surface area contributed by atoms with E-state index in [0.29, 0.717) is 0 Å². The van der Waals surface area contributed by atoms with Gasteiger partial charge in [0.15, 0.2) is 0 Å². The summed E-state index contributed by atoms with van der Waals surface area (Å²) in [6, 6.07) is 61.1. The van der Waals surface area contributed by atoms with Crippen molar-refractivity contribution < 1.29 is 0 Å². The summed E-state index contributed by atoms with van der Waals surface area (Å²) in [5.41, 5.74) is 11.1. The van der Waals surface area contributed by atoms with Crippen LogP contribution in [0.4, 0.5) is 17.1 Å². The summed E-state index contributed by atoms with van der Waals surface area (Å²) in [7, 11) is 0. The van der Waals surface area contributed by atoms with E-state index in [1.165, 1.54) is 74.7 Å². The predicted molar refractivity (Wildman–Crippen MR) is 209 cm³/mol. The van der Waals surface area contributed by atoms with Crippen molar-refractivity contribution in [2.45, 2.75) is 34.5 Å². The fourth-order valence-electron chi connectivity index (χ4n) is 8.65. The van der Waals surface area contributed by atoms with Gasteiger partial charge >= 0.3 is 0 Å². The van der Waals surface area contributed by atoms with E-state index in [1.54, 1.807) is 0 Å². The number of rotatable bonds is 3. The molecule has 2 heterocycles. The maximum atomic E-state index is 2.50. The Kier molecular flexibility index (Phi) is 6.31. The van der Waals surface area contributed by atoms with E-state index < -0.39 is 5.41 Å². The molecule has 7 aromatic carbocycles. The van der Waals surface area contributed by atoms with Gasteiger partial charge in [-0.3, -0.25) is 0 Å². The monoisotopic (exact) mass is 663 g/mol. The average Bonchev–Trinajstić information content (AvgIpc) is 3.54. The first-order valence-corrected chi connectivity index (χ1v) is 18.6. The van der Waals surface area contributed by atoms with Gasteiger partial charge in [0, 0.05) is 42.1 Å². The summed E-state index contributed by atoms with van der Waals surface area (Å²) < 4.78 is 2.62. The molecule has 1 aromatic heterocycles. The van der Waals surface area contributed by atoms with Gasteiger partial charge in [-0.15, -0.1) is 11.3 Å². The van der Waals surface area contributed by atoms with E-state index in [2.05, 4.69) is 183 Å². The number of anilines is 3. The summed E-state index contributed by atoms with van der Waals surface area (Å²) in [6.45, 7) is 4.83. The fraction of sp³-hybridized carbons (Fsp3) is 0.0870. The average molecular weight is 664 g/mol. The van der Waals surface area contributed by atoms with Crippen LogP contribution >= 0.6 is 23.1 Å². The number of fused-ring (bicyclic) bond motifs is 11. The number of thiophene rings is 1. The van der Waals surface area contributed by atoms with Crippen LogP contribution in [0.2, 0.25) is 0 Å². The van der Waals surface area contributed by atoms with Crippen LogP contribution in [-0.4, -0.2) is 0 Å². The van der Waals surface area contributed by atoms with Crippen LogP contribution in [0, 0.1) is 0 Å². The van der Waals surface area contributed by atoms with Crippen LogP contribution in [0.3, 0.4) is 0 Å². The lowest BCUT2D eigenvalue weighted by atomic mass is 9.54. The summed E-state index contributed by atoms with van der Waals surface area (Å²) in [5.74, 6) is 0. The van der Waals surface area contributed by atoms with Crippen molar-refractivity contribution in [3.8, 4) is 0 Å². The van der Waals surface area contributed by atoms with Crippen LogP contribution in [0.5, 0.6) is 0 Å². The van der Waals surface area contributed by atoms with Gasteiger partial charge in [0.25, 0.3) is 0 Å². The van der Waals surface area contributed by atoms with E-state index in [1.807, 2.05) is 23.1 Å². The molecule has 0 radical (unpaired) electrons. The van der Waals surface area contributed by atoms with E-state index in [-0.39, 0.29) is 5.41 Å². The number of hydrogen-bond acceptors (Lipinski definition) is 3. The molecule has 10 rings (SSSR count). The molecule has 0 fully saturated rings. The molecule has 49 heavy (non-hydrogen) atoms. The second-order valence-electron chi connectivity index (χ2n) is 13.7. The minimum absolute atomic E-state index is 0.229. The van der Waals surface area contributed by atoms with Crippen molar-refractivity contribution in [1.29, 1.82) is 0 Å².